The smallest absolute Gasteiger partial charge is 0.408 e. The molecule has 4 nitrogen and oxygen atoms in total. The average molecular weight is 225 g/mol. The summed E-state index contributed by atoms with van der Waals surface area (Å²) in [5.74, 6) is 0. The summed E-state index contributed by atoms with van der Waals surface area (Å²) in [5.41, 5.74) is -0.868. The van der Waals surface area contributed by atoms with Crippen LogP contribution in [-0.2, 0) is 9.53 Å². The maximum atomic E-state index is 11.6. The molecule has 1 aliphatic rings. The van der Waals surface area contributed by atoms with E-state index in [1.807, 2.05) is 20.8 Å². The number of allylic oxidation sites excluding steroid dienone is 1. The molecule has 0 spiro atoms. The van der Waals surface area contributed by atoms with Crippen molar-refractivity contribution in [1.29, 1.82) is 0 Å². The highest BCUT2D eigenvalue weighted by Crippen LogP contribution is 2.33. The molecule has 0 aliphatic heterocycles. The summed E-state index contributed by atoms with van der Waals surface area (Å²) in [6, 6.07) is 0. The van der Waals surface area contributed by atoms with Crippen LogP contribution in [0.2, 0.25) is 0 Å². The van der Waals surface area contributed by atoms with Crippen molar-refractivity contribution < 1.29 is 14.3 Å². The standard InChI is InChI=1S/C12H19NO3/c1-11(2,3)16-10(15)13-12(6-4-7-12)8-5-9-14/h5,8-9H,4,6-7H2,1-3H3,(H,13,15)/b8-5+. The first-order valence-electron chi connectivity index (χ1n) is 5.51. The minimum atomic E-state index is -0.497. The molecule has 4 heteroatoms. The number of hydrogen-bond donors (Lipinski definition) is 1. The Morgan fingerprint density at radius 2 is 2.00 bits per heavy atom. The molecule has 1 fully saturated rings. The van der Waals surface area contributed by atoms with Gasteiger partial charge in [-0.25, -0.2) is 4.79 Å². The van der Waals surface area contributed by atoms with Gasteiger partial charge in [-0.2, -0.15) is 0 Å². The Bertz CT molecular complexity index is 298. The normalized spacial score (nSPS) is 18.9. The van der Waals surface area contributed by atoms with Gasteiger partial charge in [-0.15, -0.1) is 0 Å². The first kappa shape index (κ1) is 12.7. The summed E-state index contributed by atoms with van der Waals surface area (Å²) in [7, 11) is 0. The highest BCUT2D eigenvalue weighted by atomic mass is 16.6. The van der Waals surface area contributed by atoms with E-state index in [0.29, 0.717) is 0 Å². The van der Waals surface area contributed by atoms with Crippen molar-refractivity contribution in [1.82, 2.24) is 5.32 Å². The molecule has 0 aromatic heterocycles. The number of rotatable bonds is 3. The van der Waals surface area contributed by atoms with Crippen LogP contribution in [0.1, 0.15) is 40.0 Å². The molecule has 16 heavy (non-hydrogen) atoms. The summed E-state index contributed by atoms with van der Waals surface area (Å²) in [6.07, 6.45) is 6.23. The van der Waals surface area contributed by atoms with Gasteiger partial charge in [0.2, 0.25) is 0 Å². The Balaban J connectivity index is 2.54. The molecule has 0 heterocycles. The zero-order valence-electron chi connectivity index (χ0n) is 10.1. The fourth-order valence-electron chi connectivity index (χ4n) is 1.62. The average Bonchev–Trinajstić information content (AvgIpc) is 2.06. The van der Waals surface area contributed by atoms with Crippen molar-refractivity contribution in [3.8, 4) is 0 Å². The van der Waals surface area contributed by atoms with Crippen molar-refractivity contribution >= 4 is 12.4 Å². The Labute approximate surface area is 96.0 Å². The molecular weight excluding hydrogens is 206 g/mol. The molecule has 1 aliphatic carbocycles. The summed E-state index contributed by atoms with van der Waals surface area (Å²) < 4.78 is 5.18. The van der Waals surface area contributed by atoms with Crippen LogP contribution in [0, 0.1) is 0 Å². The van der Waals surface area contributed by atoms with Crippen LogP contribution in [0.4, 0.5) is 4.79 Å². The lowest BCUT2D eigenvalue weighted by atomic mass is 9.76. The van der Waals surface area contributed by atoms with Crippen LogP contribution in [0.3, 0.4) is 0 Å². The molecule has 1 N–H and O–H groups in total. The molecule has 0 atom stereocenters. The minimum absolute atomic E-state index is 0.372. The predicted octanol–water partition coefficient (Wildman–Crippen LogP) is 2.19. The number of amides is 1. The van der Waals surface area contributed by atoms with Gasteiger partial charge in [0.25, 0.3) is 0 Å². The molecule has 1 amide bonds. The largest absolute Gasteiger partial charge is 0.444 e. The van der Waals surface area contributed by atoms with Crippen LogP contribution < -0.4 is 5.32 Å². The van der Waals surface area contributed by atoms with Crippen molar-refractivity contribution in [3.05, 3.63) is 12.2 Å². The van der Waals surface area contributed by atoms with Gasteiger partial charge in [0.05, 0.1) is 5.54 Å². The Hall–Kier alpha value is -1.32. The number of hydrogen-bond acceptors (Lipinski definition) is 3. The van der Waals surface area contributed by atoms with Crippen LogP contribution in [0.25, 0.3) is 0 Å². The van der Waals surface area contributed by atoms with Gasteiger partial charge in [0.15, 0.2) is 0 Å². The van der Waals surface area contributed by atoms with Gasteiger partial charge in [0.1, 0.15) is 11.9 Å². The number of carbonyl (C=O) groups is 2. The molecule has 1 rings (SSSR count). The fraction of sp³-hybridized carbons (Fsp3) is 0.667. The molecule has 0 unspecified atom stereocenters. The lowest BCUT2D eigenvalue weighted by molar-refractivity contribution is -0.104. The van der Waals surface area contributed by atoms with E-state index in [1.165, 1.54) is 6.08 Å². The molecule has 0 radical (unpaired) electrons. The van der Waals surface area contributed by atoms with E-state index < -0.39 is 11.7 Å². The third kappa shape index (κ3) is 3.68. The van der Waals surface area contributed by atoms with Crippen molar-refractivity contribution in [3.63, 3.8) is 0 Å². The summed E-state index contributed by atoms with van der Waals surface area (Å²) in [4.78, 5) is 21.9. The lowest BCUT2D eigenvalue weighted by Gasteiger charge is -2.40. The van der Waals surface area contributed by atoms with Gasteiger partial charge < -0.3 is 10.1 Å². The molecule has 0 bridgehead atoms. The van der Waals surface area contributed by atoms with Crippen LogP contribution >= 0.6 is 0 Å². The second-order valence-electron chi connectivity index (χ2n) is 5.13. The number of ether oxygens (including phenoxy) is 1. The van der Waals surface area contributed by atoms with E-state index in [9.17, 15) is 9.59 Å². The van der Waals surface area contributed by atoms with Gasteiger partial charge >= 0.3 is 6.09 Å². The van der Waals surface area contributed by atoms with Crippen molar-refractivity contribution in [2.45, 2.75) is 51.2 Å². The third-order valence-corrected chi connectivity index (χ3v) is 2.49. The topological polar surface area (TPSA) is 55.4 Å². The van der Waals surface area contributed by atoms with E-state index >= 15 is 0 Å². The predicted molar refractivity (Wildman–Crippen MR) is 61.2 cm³/mol. The van der Waals surface area contributed by atoms with Crippen molar-refractivity contribution in [2.75, 3.05) is 0 Å². The van der Waals surface area contributed by atoms with Gasteiger partial charge in [-0.05, 0) is 46.1 Å². The number of aldehydes is 1. The Morgan fingerprint density at radius 1 is 1.38 bits per heavy atom. The molecule has 0 saturated heterocycles. The highest BCUT2D eigenvalue weighted by Gasteiger charge is 2.37. The first-order chi connectivity index (χ1) is 7.37. The summed E-state index contributed by atoms with van der Waals surface area (Å²) in [5, 5.41) is 2.81. The van der Waals surface area contributed by atoms with Crippen LogP contribution in [0.5, 0.6) is 0 Å². The second kappa shape index (κ2) is 4.68. The van der Waals surface area contributed by atoms with E-state index in [4.69, 9.17) is 4.74 Å². The SMILES string of the molecule is CC(C)(C)OC(=O)NC1(/C=C/C=O)CCC1. The first-order valence-corrected chi connectivity index (χ1v) is 5.51. The Morgan fingerprint density at radius 3 is 2.38 bits per heavy atom. The second-order valence-corrected chi connectivity index (χ2v) is 5.13. The lowest BCUT2D eigenvalue weighted by Crippen LogP contribution is -2.53. The van der Waals surface area contributed by atoms with E-state index in [1.54, 1.807) is 6.08 Å². The molecular formula is C12H19NO3. The summed E-state index contributed by atoms with van der Waals surface area (Å²) in [6.45, 7) is 5.46. The molecule has 90 valence electrons. The number of alkyl carbamates (subject to hydrolysis) is 1. The van der Waals surface area contributed by atoms with Crippen molar-refractivity contribution in [2.24, 2.45) is 0 Å². The fourth-order valence-corrected chi connectivity index (χ4v) is 1.62. The Kier molecular flexibility index (Phi) is 3.73. The van der Waals surface area contributed by atoms with Gasteiger partial charge in [0, 0.05) is 0 Å². The van der Waals surface area contributed by atoms with Crippen LogP contribution in [-0.4, -0.2) is 23.5 Å². The monoisotopic (exact) mass is 225 g/mol. The molecule has 0 aromatic carbocycles. The van der Waals surface area contributed by atoms with Gasteiger partial charge in [-0.3, -0.25) is 4.79 Å². The maximum absolute atomic E-state index is 11.6. The van der Waals surface area contributed by atoms with E-state index in [-0.39, 0.29) is 5.54 Å². The molecule has 0 aromatic rings. The van der Waals surface area contributed by atoms with Gasteiger partial charge in [-0.1, -0.05) is 6.08 Å². The summed E-state index contributed by atoms with van der Waals surface area (Å²) >= 11 is 0. The number of carbonyl (C=O) groups excluding carboxylic acids is 2. The number of nitrogens with one attached hydrogen (secondary N) is 1. The highest BCUT2D eigenvalue weighted by molar-refractivity contribution is 5.70. The zero-order valence-corrected chi connectivity index (χ0v) is 10.1. The third-order valence-electron chi connectivity index (χ3n) is 2.49. The zero-order chi connectivity index (χ0) is 12.2. The van der Waals surface area contributed by atoms with E-state index in [0.717, 1.165) is 25.5 Å². The molecule has 1 saturated carbocycles. The minimum Gasteiger partial charge on any atom is -0.444 e. The van der Waals surface area contributed by atoms with E-state index in [2.05, 4.69) is 5.32 Å². The van der Waals surface area contributed by atoms with Crippen LogP contribution in [0.15, 0.2) is 12.2 Å². The maximum Gasteiger partial charge on any atom is 0.408 e. The quantitative estimate of drug-likeness (QED) is 0.591.